The molecule has 1 aromatic rings. The van der Waals surface area contributed by atoms with Crippen LogP contribution >= 0.6 is 11.6 Å². The molecule has 2 heterocycles. The van der Waals surface area contributed by atoms with Crippen molar-refractivity contribution < 1.29 is 13.2 Å². The van der Waals surface area contributed by atoms with Gasteiger partial charge in [-0.15, -0.1) is 0 Å². The Labute approximate surface area is 165 Å². The first-order valence-corrected chi connectivity index (χ1v) is 11.8. The molecule has 146 valence electrons. The number of anilines is 1. The number of allylic oxidation sites excluding steroid dienone is 1. The maximum atomic E-state index is 13.0. The number of fused-ring (bicyclic) bond motifs is 1. The minimum absolute atomic E-state index is 0.0229. The highest BCUT2D eigenvalue weighted by Crippen LogP contribution is 2.33. The largest absolute Gasteiger partial charge is 0.306 e. The van der Waals surface area contributed by atoms with E-state index in [1.807, 2.05) is 6.07 Å². The highest BCUT2D eigenvalue weighted by molar-refractivity contribution is 7.91. The Morgan fingerprint density at radius 1 is 1.15 bits per heavy atom. The van der Waals surface area contributed by atoms with Gasteiger partial charge in [-0.25, -0.2) is 8.42 Å². The fraction of sp³-hybridized carbons (Fsp3) is 0.550. The van der Waals surface area contributed by atoms with Gasteiger partial charge in [-0.05, 0) is 50.3 Å². The first-order chi connectivity index (χ1) is 12.9. The number of hydrogen-bond acceptors (Lipinski definition) is 4. The van der Waals surface area contributed by atoms with Crippen molar-refractivity contribution in [2.24, 2.45) is 0 Å². The maximum absolute atomic E-state index is 13.0. The number of carbonyl (C=O) groups is 1. The summed E-state index contributed by atoms with van der Waals surface area (Å²) in [6, 6.07) is 6.64. The Kier molecular flexibility index (Phi) is 5.32. The lowest BCUT2D eigenvalue weighted by molar-refractivity contribution is -0.123. The van der Waals surface area contributed by atoms with Gasteiger partial charge in [0.15, 0.2) is 9.84 Å². The Balaban J connectivity index is 1.57. The molecule has 27 heavy (non-hydrogen) atoms. The third kappa shape index (κ3) is 4.08. The zero-order valence-corrected chi connectivity index (χ0v) is 16.9. The topological polar surface area (TPSA) is 57.7 Å². The predicted molar refractivity (Wildman–Crippen MR) is 108 cm³/mol. The third-order valence-corrected chi connectivity index (χ3v) is 7.83. The van der Waals surface area contributed by atoms with Crippen LogP contribution in [0.4, 0.5) is 5.69 Å². The lowest BCUT2D eigenvalue weighted by Gasteiger charge is -2.43. The van der Waals surface area contributed by atoms with Crippen molar-refractivity contribution in [1.29, 1.82) is 0 Å². The van der Waals surface area contributed by atoms with Crippen LogP contribution in [0.15, 0.2) is 35.9 Å². The van der Waals surface area contributed by atoms with E-state index >= 15 is 0 Å². The van der Waals surface area contributed by atoms with Crippen molar-refractivity contribution in [3.8, 4) is 0 Å². The SMILES string of the molecule is O=C1CN(CCC2=CCCCC2)[C@H]2CS(=O)(=O)C[C@H]2N1c1cccc(Cl)c1. The van der Waals surface area contributed by atoms with Gasteiger partial charge >= 0.3 is 0 Å². The van der Waals surface area contributed by atoms with Crippen LogP contribution in [-0.2, 0) is 14.6 Å². The number of halogens is 1. The van der Waals surface area contributed by atoms with Crippen LogP contribution in [0.2, 0.25) is 5.02 Å². The molecule has 0 spiro atoms. The number of nitrogens with zero attached hydrogens (tertiary/aromatic N) is 2. The van der Waals surface area contributed by atoms with E-state index in [0.29, 0.717) is 10.7 Å². The van der Waals surface area contributed by atoms with E-state index in [9.17, 15) is 13.2 Å². The maximum Gasteiger partial charge on any atom is 0.241 e. The Bertz CT molecular complexity index is 868. The monoisotopic (exact) mass is 408 g/mol. The zero-order chi connectivity index (χ0) is 19.0. The van der Waals surface area contributed by atoms with Gasteiger partial charge in [-0.1, -0.05) is 29.3 Å². The molecule has 0 N–H and O–H groups in total. The molecule has 2 saturated heterocycles. The summed E-state index contributed by atoms with van der Waals surface area (Å²) in [6.07, 6.45) is 7.99. The first-order valence-electron chi connectivity index (χ1n) is 9.63. The Hall–Kier alpha value is -1.37. The number of carbonyl (C=O) groups excluding carboxylic acids is 1. The molecular weight excluding hydrogens is 384 g/mol. The van der Waals surface area contributed by atoms with Crippen LogP contribution < -0.4 is 4.90 Å². The third-order valence-electron chi connectivity index (χ3n) is 5.89. The second-order valence-electron chi connectivity index (χ2n) is 7.78. The van der Waals surface area contributed by atoms with Crippen molar-refractivity contribution in [2.45, 2.75) is 44.2 Å². The quantitative estimate of drug-likeness (QED) is 0.718. The molecule has 0 aromatic heterocycles. The van der Waals surface area contributed by atoms with E-state index in [1.54, 1.807) is 23.1 Å². The van der Waals surface area contributed by atoms with Gasteiger partial charge in [-0.3, -0.25) is 9.69 Å². The van der Waals surface area contributed by atoms with Gasteiger partial charge in [0.05, 0.1) is 24.1 Å². The van der Waals surface area contributed by atoms with Gasteiger partial charge in [-0.2, -0.15) is 0 Å². The molecule has 0 radical (unpaired) electrons. The van der Waals surface area contributed by atoms with Crippen molar-refractivity contribution in [1.82, 2.24) is 4.90 Å². The number of amides is 1. The molecule has 7 heteroatoms. The Morgan fingerprint density at radius 2 is 1.96 bits per heavy atom. The lowest BCUT2D eigenvalue weighted by Crippen LogP contribution is -2.62. The van der Waals surface area contributed by atoms with Crippen molar-refractivity contribution in [2.75, 3.05) is 29.5 Å². The van der Waals surface area contributed by atoms with Crippen LogP contribution in [0.5, 0.6) is 0 Å². The summed E-state index contributed by atoms with van der Waals surface area (Å²) in [5, 5.41) is 0.546. The molecule has 5 nitrogen and oxygen atoms in total. The summed E-state index contributed by atoms with van der Waals surface area (Å²) in [4.78, 5) is 16.7. The van der Waals surface area contributed by atoms with E-state index in [4.69, 9.17) is 11.6 Å². The minimum atomic E-state index is -3.16. The minimum Gasteiger partial charge on any atom is -0.306 e. The molecule has 0 saturated carbocycles. The number of piperazine rings is 1. The predicted octanol–water partition coefficient (Wildman–Crippen LogP) is 3.04. The van der Waals surface area contributed by atoms with Crippen LogP contribution in [0.25, 0.3) is 0 Å². The molecule has 1 aromatic carbocycles. The van der Waals surface area contributed by atoms with Gasteiger partial charge in [0.25, 0.3) is 0 Å². The molecule has 2 fully saturated rings. The van der Waals surface area contributed by atoms with E-state index < -0.39 is 9.84 Å². The molecular formula is C20H25ClN2O3S. The summed E-state index contributed by atoms with van der Waals surface area (Å²) in [6.45, 7) is 1.01. The van der Waals surface area contributed by atoms with Crippen LogP contribution in [-0.4, -0.2) is 55.9 Å². The summed E-state index contributed by atoms with van der Waals surface area (Å²) >= 11 is 6.10. The van der Waals surface area contributed by atoms with Gasteiger partial charge in [0.1, 0.15) is 0 Å². The van der Waals surface area contributed by atoms with E-state index in [0.717, 1.165) is 25.8 Å². The van der Waals surface area contributed by atoms with Gasteiger partial charge in [0, 0.05) is 23.3 Å². The van der Waals surface area contributed by atoms with Crippen molar-refractivity contribution >= 4 is 33.0 Å². The average Bonchev–Trinajstić information content (AvgIpc) is 2.95. The molecule has 2 atom stereocenters. The van der Waals surface area contributed by atoms with Crippen molar-refractivity contribution in [3.05, 3.63) is 40.9 Å². The average molecular weight is 409 g/mol. The first kappa shape index (κ1) is 19.0. The molecule has 4 rings (SSSR count). The van der Waals surface area contributed by atoms with Gasteiger partial charge in [0.2, 0.25) is 5.91 Å². The summed E-state index contributed by atoms with van der Waals surface area (Å²) < 4.78 is 24.8. The zero-order valence-electron chi connectivity index (χ0n) is 15.3. The molecule has 1 aliphatic carbocycles. The summed E-state index contributed by atoms with van der Waals surface area (Å²) in [5.74, 6) is 0.101. The fourth-order valence-electron chi connectivity index (χ4n) is 4.58. The van der Waals surface area contributed by atoms with Crippen LogP contribution in [0.3, 0.4) is 0 Å². The number of rotatable bonds is 4. The second kappa shape index (κ2) is 7.57. The smallest absolute Gasteiger partial charge is 0.241 e. The second-order valence-corrected chi connectivity index (χ2v) is 10.4. The number of benzene rings is 1. The number of hydrogen-bond donors (Lipinski definition) is 0. The fourth-order valence-corrected chi connectivity index (χ4v) is 6.75. The van der Waals surface area contributed by atoms with Crippen LogP contribution in [0, 0.1) is 0 Å². The Morgan fingerprint density at radius 3 is 2.70 bits per heavy atom. The lowest BCUT2D eigenvalue weighted by atomic mass is 9.96. The standard InChI is InChI=1S/C20H25ClN2O3S/c21-16-7-4-8-17(11-16)23-19-14-27(25,26)13-18(19)22(12-20(23)24)10-9-15-5-2-1-3-6-15/h4-5,7-8,11,18-19H,1-3,6,9-10,12-14H2/t18-,19+/m0/s1. The number of sulfone groups is 1. The van der Waals surface area contributed by atoms with Crippen molar-refractivity contribution in [3.63, 3.8) is 0 Å². The summed E-state index contributed by atoms with van der Waals surface area (Å²) in [7, 11) is -3.16. The summed E-state index contributed by atoms with van der Waals surface area (Å²) in [5.41, 5.74) is 2.14. The normalized spacial score (nSPS) is 28.1. The van der Waals surface area contributed by atoms with E-state index in [1.165, 1.54) is 18.4 Å². The molecule has 2 aliphatic heterocycles. The van der Waals surface area contributed by atoms with E-state index in [-0.39, 0.29) is 36.0 Å². The molecule has 0 bridgehead atoms. The highest BCUT2D eigenvalue weighted by Gasteiger charge is 2.49. The van der Waals surface area contributed by atoms with Crippen LogP contribution in [0.1, 0.15) is 32.1 Å². The van der Waals surface area contributed by atoms with E-state index in [2.05, 4.69) is 11.0 Å². The molecule has 1 amide bonds. The molecule has 3 aliphatic rings. The highest BCUT2D eigenvalue weighted by atomic mass is 35.5. The van der Waals surface area contributed by atoms with Gasteiger partial charge < -0.3 is 4.90 Å². The molecule has 0 unspecified atom stereocenters.